The molecule has 0 aromatic carbocycles. The Hall–Kier alpha value is -0.610. The van der Waals surface area contributed by atoms with Crippen LogP contribution in [-0.4, -0.2) is 31.2 Å². The van der Waals surface area contributed by atoms with Crippen LogP contribution in [0.5, 0.6) is 0 Å². The molecule has 0 heterocycles. The van der Waals surface area contributed by atoms with Crippen molar-refractivity contribution in [1.29, 1.82) is 0 Å². The third-order valence-electron chi connectivity index (χ3n) is 2.87. The van der Waals surface area contributed by atoms with Gasteiger partial charge in [-0.15, -0.1) is 0 Å². The second-order valence-electron chi connectivity index (χ2n) is 5.73. The fourth-order valence-corrected chi connectivity index (χ4v) is 1.70. The van der Waals surface area contributed by atoms with Crippen LogP contribution < -0.4 is 5.73 Å². The number of hydrogen-bond donors (Lipinski definition) is 1. The average molecular weight is 244 g/mol. The molecule has 0 bridgehead atoms. The average Bonchev–Trinajstić information content (AvgIpc) is 2.22. The summed E-state index contributed by atoms with van der Waals surface area (Å²) in [6.07, 6.45) is 2.31. The van der Waals surface area contributed by atoms with Crippen molar-refractivity contribution < 1.29 is 9.63 Å². The summed E-state index contributed by atoms with van der Waals surface area (Å²) in [6, 6.07) is 0. The predicted molar refractivity (Wildman–Crippen MR) is 70.2 cm³/mol. The second kappa shape index (κ2) is 7.67. The molecule has 0 radical (unpaired) electrons. The van der Waals surface area contributed by atoms with Crippen molar-refractivity contribution in [3.05, 3.63) is 0 Å². The van der Waals surface area contributed by atoms with Gasteiger partial charge in [-0.1, -0.05) is 27.7 Å². The summed E-state index contributed by atoms with van der Waals surface area (Å²) in [6.45, 7) is 9.74. The molecule has 4 nitrogen and oxygen atoms in total. The molecule has 0 aliphatic heterocycles. The Kier molecular flexibility index (Phi) is 7.39. The van der Waals surface area contributed by atoms with E-state index in [-0.39, 0.29) is 11.3 Å². The van der Waals surface area contributed by atoms with Crippen molar-refractivity contribution in [2.75, 3.05) is 20.2 Å². The van der Waals surface area contributed by atoms with Gasteiger partial charge in [-0.25, -0.2) is 5.06 Å². The van der Waals surface area contributed by atoms with Gasteiger partial charge in [0.1, 0.15) is 0 Å². The van der Waals surface area contributed by atoms with Gasteiger partial charge in [0.2, 0.25) is 5.91 Å². The molecule has 102 valence electrons. The number of hydroxylamine groups is 2. The lowest BCUT2D eigenvalue weighted by molar-refractivity contribution is -0.179. The summed E-state index contributed by atoms with van der Waals surface area (Å²) in [5.74, 6) is 0.474. The maximum Gasteiger partial charge on any atom is 0.246 e. The number of nitrogens with zero attached hydrogens (tertiary/aromatic N) is 1. The highest BCUT2D eigenvalue weighted by atomic mass is 16.7. The molecule has 0 saturated carbocycles. The third-order valence-corrected chi connectivity index (χ3v) is 2.87. The zero-order valence-corrected chi connectivity index (χ0v) is 12.0. The number of amides is 1. The van der Waals surface area contributed by atoms with Crippen LogP contribution in [0.3, 0.4) is 0 Å². The first kappa shape index (κ1) is 16.4. The number of carbonyl (C=O) groups is 1. The van der Waals surface area contributed by atoms with Crippen molar-refractivity contribution in [1.82, 2.24) is 5.06 Å². The molecule has 0 aromatic rings. The molecule has 0 fully saturated rings. The van der Waals surface area contributed by atoms with Crippen LogP contribution in [0.15, 0.2) is 0 Å². The Bertz CT molecular complexity index is 227. The zero-order chi connectivity index (χ0) is 13.5. The van der Waals surface area contributed by atoms with E-state index in [1.54, 1.807) is 7.11 Å². The molecule has 0 rings (SSSR count). The van der Waals surface area contributed by atoms with Crippen LogP contribution in [-0.2, 0) is 9.63 Å². The van der Waals surface area contributed by atoms with E-state index in [0.29, 0.717) is 25.4 Å². The van der Waals surface area contributed by atoms with Crippen molar-refractivity contribution in [2.24, 2.45) is 17.1 Å². The fraction of sp³-hybridized carbons (Fsp3) is 0.923. The second-order valence-corrected chi connectivity index (χ2v) is 5.73. The first-order valence-corrected chi connectivity index (χ1v) is 6.37. The molecular formula is C13H28N2O2. The zero-order valence-electron chi connectivity index (χ0n) is 12.0. The van der Waals surface area contributed by atoms with Crippen molar-refractivity contribution in [3.63, 3.8) is 0 Å². The van der Waals surface area contributed by atoms with Gasteiger partial charge < -0.3 is 5.73 Å². The van der Waals surface area contributed by atoms with E-state index >= 15 is 0 Å². The Labute approximate surface area is 105 Å². The molecule has 1 amide bonds. The molecule has 2 N–H and O–H groups in total. The molecular weight excluding hydrogens is 216 g/mol. The lowest BCUT2D eigenvalue weighted by atomic mass is 9.84. The highest BCUT2D eigenvalue weighted by Gasteiger charge is 2.21. The summed E-state index contributed by atoms with van der Waals surface area (Å²) in [4.78, 5) is 17.0. The summed E-state index contributed by atoms with van der Waals surface area (Å²) < 4.78 is 0. The normalized spacial score (nSPS) is 11.9. The topological polar surface area (TPSA) is 55.6 Å². The summed E-state index contributed by atoms with van der Waals surface area (Å²) in [7, 11) is 1.55. The third kappa shape index (κ3) is 7.34. The highest BCUT2D eigenvalue weighted by Crippen LogP contribution is 2.26. The molecule has 0 spiro atoms. The molecule has 0 aliphatic rings. The van der Waals surface area contributed by atoms with E-state index in [1.165, 1.54) is 5.06 Å². The van der Waals surface area contributed by atoms with Gasteiger partial charge in [-0.05, 0) is 30.7 Å². The molecule has 0 atom stereocenters. The van der Waals surface area contributed by atoms with Gasteiger partial charge in [0.25, 0.3) is 0 Å². The number of rotatable bonds is 8. The van der Waals surface area contributed by atoms with Gasteiger partial charge in [0, 0.05) is 6.42 Å². The molecule has 0 saturated heterocycles. The van der Waals surface area contributed by atoms with Crippen LogP contribution in [0.2, 0.25) is 0 Å². The van der Waals surface area contributed by atoms with E-state index in [0.717, 1.165) is 12.8 Å². The quantitative estimate of drug-likeness (QED) is 0.666. The Morgan fingerprint density at radius 1 is 1.35 bits per heavy atom. The maximum absolute atomic E-state index is 11.9. The van der Waals surface area contributed by atoms with Gasteiger partial charge in [0.05, 0.1) is 13.7 Å². The van der Waals surface area contributed by atoms with Gasteiger partial charge in [-0.2, -0.15) is 0 Å². The minimum atomic E-state index is 0.0614. The van der Waals surface area contributed by atoms with Crippen LogP contribution >= 0.6 is 0 Å². The summed E-state index contributed by atoms with van der Waals surface area (Å²) >= 11 is 0. The number of hydrogen-bond acceptors (Lipinski definition) is 3. The largest absolute Gasteiger partial charge is 0.330 e. The van der Waals surface area contributed by atoms with Gasteiger partial charge in [0.15, 0.2) is 0 Å². The Balaban J connectivity index is 4.14. The first-order chi connectivity index (χ1) is 7.82. The van der Waals surface area contributed by atoms with Crippen LogP contribution in [0.1, 0.15) is 47.0 Å². The SMILES string of the molecule is CON(CC(C)C)C(=O)CCC(C)(C)CCN. The standard InChI is InChI=1S/C13H28N2O2/c1-11(2)10-15(17-5)12(16)6-7-13(3,4)8-9-14/h11H,6-10,14H2,1-5H3. The number of carbonyl (C=O) groups excluding carboxylic acids is 1. The lowest BCUT2D eigenvalue weighted by Gasteiger charge is -2.26. The predicted octanol–water partition coefficient (Wildman–Crippen LogP) is 2.19. The Morgan fingerprint density at radius 3 is 2.35 bits per heavy atom. The van der Waals surface area contributed by atoms with E-state index < -0.39 is 0 Å². The van der Waals surface area contributed by atoms with Crippen LogP contribution in [0.25, 0.3) is 0 Å². The first-order valence-electron chi connectivity index (χ1n) is 6.37. The van der Waals surface area contributed by atoms with E-state index in [2.05, 4.69) is 27.7 Å². The van der Waals surface area contributed by atoms with Crippen LogP contribution in [0.4, 0.5) is 0 Å². The van der Waals surface area contributed by atoms with Gasteiger partial charge in [-0.3, -0.25) is 9.63 Å². The monoisotopic (exact) mass is 244 g/mol. The van der Waals surface area contributed by atoms with Crippen molar-refractivity contribution >= 4 is 5.91 Å². The summed E-state index contributed by atoms with van der Waals surface area (Å²) in [5.41, 5.74) is 5.68. The summed E-state index contributed by atoms with van der Waals surface area (Å²) in [5, 5.41) is 1.46. The fourth-order valence-electron chi connectivity index (χ4n) is 1.70. The lowest BCUT2D eigenvalue weighted by Crippen LogP contribution is -2.34. The molecule has 0 aliphatic carbocycles. The molecule has 4 heteroatoms. The smallest absolute Gasteiger partial charge is 0.246 e. The molecule has 0 unspecified atom stereocenters. The van der Waals surface area contributed by atoms with E-state index in [9.17, 15) is 4.79 Å². The molecule has 17 heavy (non-hydrogen) atoms. The van der Waals surface area contributed by atoms with Crippen LogP contribution in [0, 0.1) is 11.3 Å². The van der Waals surface area contributed by atoms with Gasteiger partial charge >= 0.3 is 0 Å². The van der Waals surface area contributed by atoms with Crippen molar-refractivity contribution in [3.8, 4) is 0 Å². The maximum atomic E-state index is 11.9. The molecule has 0 aromatic heterocycles. The van der Waals surface area contributed by atoms with Crippen molar-refractivity contribution in [2.45, 2.75) is 47.0 Å². The Morgan fingerprint density at radius 2 is 1.94 bits per heavy atom. The van der Waals surface area contributed by atoms with E-state index in [1.807, 2.05) is 0 Å². The minimum Gasteiger partial charge on any atom is -0.330 e. The minimum absolute atomic E-state index is 0.0614. The number of nitrogens with two attached hydrogens (primary N) is 1. The highest BCUT2D eigenvalue weighted by molar-refractivity contribution is 5.75. The van der Waals surface area contributed by atoms with E-state index in [4.69, 9.17) is 10.6 Å².